The van der Waals surface area contributed by atoms with Crippen molar-refractivity contribution < 1.29 is 23.9 Å². The molecule has 0 aliphatic heterocycles. The number of hydrogen-bond donors (Lipinski definition) is 0. The molecule has 1 unspecified atom stereocenters. The molecule has 0 saturated carbocycles. The lowest BCUT2D eigenvalue weighted by Crippen LogP contribution is -2.35. The van der Waals surface area contributed by atoms with Gasteiger partial charge in [-0.05, 0) is 32.9 Å². The van der Waals surface area contributed by atoms with E-state index in [1.165, 1.54) is 31.4 Å². The van der Waals surface area contributed by atoms with Gasteiger partial charge in [-0.3, -0.25) is 14.9 Å². The van der Waals surface area contributed by atoms with Crippen molar-refractivity contribution >= 4 is 11.6 Å². The predicted molar refractivity (Wildman–Crippen MR) is 86.9 cm³/mol. The van der Waals surface area contributed by atoms with E-state index in [9.17, 15) is 14.9 Å². The smallest absolute Gasteiger partial charge is 0.269 e. The lowest BCUT2D eigenvalue weighted by molar-refractivity contribution is -0.384. The fraction of sp³-hybridized carbons (Fsp3) is 0.562. The molecule has 0 aromatic heterocycles. The van der Waals surface area contributed by atoms with Crippen LogP contribution >= 0.6 is 0 Å². The summed E-state index contributed by atoms with van der Waals surface area (Å²) in [6, 6.07) is 5.58. The Hall–Kier alpha value is -2.19. The Morgan fingerprint density at radius 1 is 1.29 bits per heavy atom. The van der Waals surface area contributed by atoms with Crippen LogP contribution in [-0.4, -0.2) is 43.0 Å². The highest BCUT2D eigenvalue weighted by molar-refractivity contribution is 5.75. The number of rotatable bonds is 9. The van der Waals surface area contributed by atoms with Crippen molar-refractivity contribution in [2.75, 3.05) is 20.3 Å². The van der Waals surface area contributed by atoms with Gasteiger partial charge in [0.1, 0.15) is 5.75 Å². The van der Waals surface area contributed by atoms with Crippen LogP contribution in [0.4, 0.5) is 5.69 Å². The minimum Gasteiger partial charge on any atom is -0.464 e. The third kappa shape index (κ3) is 7.89. The molecule has 0 bridgehead atoms. The molecular weight excluding hydrogens is 316 g/mol. The average molecular weight is 339 g/mol. The second-order valence-electron chi connectivity index (χ2n) is 6.00. The minimum absolute atomic E-state index is 0.0405. The van der Waals surface area contributed by atoms with E-state index in [1.54, 1.807) is 0 Å². The highest BCUT2D eigenvalue weighted by Crippen LogP contribution is 2.21. The standard InChI is InChI=1S/C16H23N2O6/c1-16(2,3)24-15(11-14(19)17-9-10-22-4)23-13-7-5-12(6-8-13)18(20)21/h5-8,15H,9-11H2,1-4H3. The van der Waals surface area contributed by atoms with Gasteiger partial charge in [0.15, 0.2) is 0 Å². The first kappa shape index (κ1) is 19.9. The number of hydrogen-bond acceptors (Lipinski definition) is 6. The number of nitro groups is 1. The summed E-state index contributed by atoms with van der Waals surface area (Å²) in [5.74, 6) is 0.0164. The Balaban J connectivity index is 2.71. The van der Waals surface area contributed by atoms with Crippen LogP contribution in [0, 0.1) is 10.1 Å². The van der Waals surface area contributed by atoms with Gasteiger partial charge in [0.05, 0.1) is 30.1 Å². The Labute approximate surface area is 141 Å². The zero-order chi connectivity index (χ0) is 18.2. The van der Waals surface area contributed by atoms with E-state index >= 15 is 0 Å². The molecule has 0 aliphatic rings. The zero-order valence-corrected chi connectivity index (χ0v) is 14.4. The number of methoxy groups -OCH3 is 1. The minimum atomic E-state index is -0.842. The van der Waals surface area contributed by atoms with Crippen LogP contribution in [0.15, 0.2) is 24.3 Å². The lowest BCUT2D eigenvalue weighted by Gasteiger charge is -2.27. The summed E-state index contributed by atoms with van der Waals surface area (Å²) in [7, 11) is 1.53. The molecule has 1 amide bonds. The number of carbonyl (C=O) groups is 1. The van der Waals surface area contributed by atoms with Crippen LogP contribution in [0.3, 0.4) is 0 Å². The molecule has 1 atom stereocenters. The fourth-order valence-corrected chi connectivity index (χ4v) is 1.77. The summed E-state index contributed by atoms with van der Waals surface area (Å²) in [5, 5.41) is 14.5. The van der Waals surface area contributed by atoms with Gasteiger partial charge in [0.25, 0.3) is 5.69 Å². The average Bonchev–Trinajstić information content (AvgIpc) is 2.46. The first-order valence-corrected chi connectivity index (χ1v) is 7.49. The molecular formula is C16H23N2O6. The SMILES string of the molecule is COCC[N]C(=O)CC(Oc1ccc([N+](=O)[O-])cc1)OC(C)(C)C. The summed E-state index contributed by atoms with van der Waals surface area (Å²) in [5.41, 5.74) is -0.570. The van der Waals surface area contributed by atoms with Crippen molar-refractivity contribution in [3.8, 4) is 5.75 Å². The molecule has 8 heteroatoms. The van der Waals surface area contributed by atoms with E-state index in [0.717, 1.165) is 0 Å². The van der Waals surface area contributed by atoms with Gasteiger partial charge in [0, 0.05) is 19.2 Å². The largest absolute Gasteiger partial charge is 0.464 e. The van der Waals surface area contributed by atoms with Gasteiger partial charge in [-0.15, -0.1) is 0 Å². The summed E-state index contributed by atoms with van der Waals surface area (Å²) in [4.78, 5) is 22.0. The van der Waals surface area contributed by atoms with E-state index in [2.05, 4.69) is 5.32 Å². The maximum atomic E-state index is 11.9. The molecule has 1 aromatic rings. The van der Waals surface area contributed by atoms with E-state index in [-0.39, 0.29) is 24.6 Å². The van der Waals surface area contributed by atoms with Gasteiger partial charge in [-0.25, -0.2) is 5.32 Å². The van der Waals surface area contributed by atoms with Crippen LogP contribution in [0.1, 0.15) is 27.2 Å². The highest BCUT2D eigenvalue weighted by atomic mass is 16.7. The fourth-order valence-electron chi connectivity index (χ4n) is 1.77. The summed E-state index contributed by atoms with van der Waals surface area (Å²) in [6.45, 7) is 6.15. The molecule has 133 valence electrons. The van der Waals surface area contributed by atoms with E-state index < -0.39 is 16.8 Å². The molecule has 24 heavy (non-hydrogen) atoms. The number of carbonyl (C=O) groups excluding carboxylic acids is 1. The quantitative estimate of drug-likeness (QED) is 0.296. The number of benzene rings is 1. The van der Waals surface area contributed by atoms with Crippen LogP contribution in [-0.2, 0) is 14.3 Å². The Morgan fingerprint density at radius 2 is 1.92 bits per heavy atom. The second kappa shape index (κ2) is 9.19. The maximum absolute atomic E-state index is 11.9. The van der Waals surface area contributed by atoms with Gasteiger partial charge >= 0.3 is 0 Å². The molecule has 0 spiro atoms. The van der Waals surface area contributed by atoms with Crippen LogP contribution in [0.2, 0.25) is 0 Å². The van der Waals surface area contributed by atoms with Crippen molar-refractivity contribution in [2.24, 2.45) is 0 Å². The van der Waals surface area contributed by atoms with Crippen LogP contribution < -0.4 is 10.1 Å². The normalized spacial score (nSPS) is 12.5. The number of nitrogens with zero attached hydrogens (tertiary/aromatic N) is 2. The van der Waals surface area contributed by atoms with Gasteiger partial charge < -0.3 is 14.2 Å². The molecule has 1 radical (unpaired) electrons. The maximum Gasteiger partial charge on any atom is 0.269 e. The molecule has 0 saturated heterocycles. The van der Waals surface area contributed by atoms with Crippen LogP contribution in [0.5, 0.6) is 5.75 Å². The molecule has 8 nitrogen and oxygen atoms in total. The molecule has 1 rings (SSSR count). The molecule has 0 fully saturated rings. The first-order chi connectivity index (χ1) is 11.2. The van der Waals surface area contributed by atoms with Crippen molar-refractivity contribution in [3.63, 3.8) is 0 Å². The Kier molecular flexibility index (Phi) is 7.60. The van der Waals surface area contributed by atoms with Crippen molar-refractivity contribution in [3.05, 3.63) is 34.4 Å². The topological polar surface area (TPSA) is 102 Å². The molecule has 0 heterocycles. The molecule has 1 aromatic carbocycles. The Bertz CT molecular complexity index is 538. The third-order valence-electron chi connectivity index (χ3n) is 2.72. The van der Waals surface area contributed by atoms with Crippen molar-refractivity contribution in [1.29, 1.82) is 0 Å². The van der Waals surface area contributed by atoms with Crippen LogP contribution in [0.25, 0.3) is 0 Å². The summed E-state index contributed by atoms with van der Waals surface area (Å²) >= 11 is 0. The number of non-ortho nitro benzene ring substituents is 1. The summed E-state index contributed by atoms with van der Waals surface area (Å²) < 4.78 is 16.2. The second-order valence-corrected chi connectivity index (χ2v) is 6.00. The van der Waals surface area contributed by atoms with Gasteiger partial charge in [-0.1, -0.05) is 0 Å². The Morgan fingerprint density at radius 3 is 2.42 bits per heavy atom. The predicted octanol–water partition coefficient (Wildman–Crippen LogP) is 2.28. The number of nitro benzene ring substituents is 1. The van der Waals surface area contributed by atoms with E-state index in [1.807, 2.05) is 20.8 Å². The zero-order valence-electron chi connectivity index (χ0n) is 14.4. The van der Waals surface area contributed by atoms with Crippen molar-refractivity contribution in [1.82, 2.24) is 5.32 Å². The number of ether oxygens (including phenoxy) is 3. The van der Waals surface area contributed by atoms with Gasteiger partial charge in [0.2, 0.25) is 12.2 Å². The molecule has 0 aliphatic carbocycles. The van der Waals surface area contributed by atoms with Crippen molar-refractivity contribution in [2.45, 2.75) is 39.1 Å². The third-order valence-corrected chi connectivity index (χ3v) is 2.72. The monoisotopic (exact) mass is 339 g/mol. The summed E-state index contributed by atoms with van der Waals surface area (Å²) in [6.07, 6.45) is -0.900. The first-order valence-electron chi connectivity index (χ1n) is 7.49. The van der Waals surface area contributed by atoms with Gasteiger partial charge in [-0.2, -0.15) is 0 Å². The number of amides is 1. The lowest BCUT2D eigenvalue weighted by atomic mass is 10.2. The highest BCUT2D eigenvalue weighted by Gasteiger charge is 2.23. The molecule has 0 N–H and O–H groups in total. The van der Waals surface area contributed by atoms with E-state index in [4.69, 9.17) is 14.2 Å². The van der Waals surface area contributed by atoms with E-state index in [0.29, 0.717) is 12.4 Å².